The standard InChI is InChI=1S/C8H6FN3O/c1-12-4-11-6-2-5(9)3-10-7(6)8(12)13/h2-4H,1H3. The summed E-state index contributed by atoms with van der Waals surface area (Å²) in [5.41, 5.74) is 0.194. The molecule has 0 radical (unpaired) electrons. The van der Waals surface area contributed by atoms with Crippen molar-refractivity contribution in [2.45, 2.75) is 0 Å². The van der Waals surface area contributed by atoms with Crippen LogP contribution >= 0.6 is 0 Å². The molecule has 2 aromatic rings. The maximum Gasteiger partial charge on any atom is 0.279 e. The highest BCUT2D eigenvalue weighted by Gasteiger charge is 2.03. The fourth-order valence-corrected chi connectivity index (χ4v) is 1.06. The van der Waals surface area contributed by atoms with Crippen LogP contribution in [0.15, 0.2) is 23.4 Å². The molecule has 4 nitrogen and oxygen atoms in total. The van der Waals surface area contributed by atoms with Crippen LogP contribution in [0, 0.1) is 5.82 Å². The average Bonchev–Trinajstić information content (AvgIpc) is 2.12. The summed E-state index contributed by atoms with van der Waals surface area (Å²) in [7, 11) is 1.57. The number of pyridine rings is 1. The number of nitrogens with zero attached hydrogens (tertiary/aromatic N) is 3. The molecule has 0 aliphatic rings. The molecule has 2 heterocycles. The summed E-state index contributed by atoms with van der Waals surface area (Å²) in [5.74, 6) is -0.492. The van der Waals surface area contributed by atoms with Crippen LogP contribution in [-0.2, 0) is 7.05 Å². The van der Waals surface area contributed by atoms with Gasteiger partial charge in [0.25, 0.3) is 5.56 Å². The van der Waals surface area contributed by atoms with Crippen LogP contribution in [0.1, 0.15) is 0 Å². The van der Waals surface area contributed by atoms with Gasteiger partial charge in [-0.05, 0) is 0 Å². The van der Waals surface area contributed by atoms with Crippen LogP contribution in [0.3, 0.4) is 0 Å². The van der Waals surface area contributed by atoms with Gasteiger partial charge >= 0.3 is 0 Å². The molecule has 0 bridgehead atoms. The Morgan fingerprint density at radius 1 is 1.46 bits per heavy atom. The molecule has 0 fully saturated rings. The van der Waals surface area contributed by atoms with Gasteiger partial charge in [-0.15, -0.1) is 0 Å². The number of aryl methyl sites for hydroxylation is 1. The zero-order valence-electron chi connectivity index (χ0n) is 6.86. The first-order valence-electron chi connectivity index (χ1n) is 3.65. The van der Waals surface area contributed by atoms with Crippen LogP contribution in [0.5, 0.6) is 0 Å². The van der Waals surface area contributed by atoms with Gasteiger partial charge in [-0.3, -0.25) is 4.79 Å². The van der Waals surface area contributed by atoms with E-state index in [9.17, 15) is 9.18 Å². The first-order valence-corrected chi connectivity index (χ1v) is 3.65. The van der Waals surface area contributed by atoms with E-state index >= 15 is 0 Å². The molecule has 0 amide bonds. The van der Waals surface area contributed by atoms with Gasteiger partial charge in [-0.1, -0.05) is 0 Å². The van der Waals surface area contributed by atoms with E-state index in [4.69, 9.17) is 0 Å². The molecule has 0 atom stereocenters. The molecule has 0 aliphatic heterocycles. The Morgan fingerprint density at radius 2 is 2.23 bits per heavy atom. The number of hydrogen-bond donors (Lipinski definition) is 0. The fraction of sp³-hybridized carbons (Fsp3) is 0.125. The molecule has 2 rings (SSSR count). The van der Waals surface area contributed by atoms with E-state index in [-0.39, 0.29) is 16.6 Å². The van der Waals surface area contributed by atoms with Crippen molar-refractivity contribution < 1.29 is 4.39 Å². The Kier molecular flexibility index (Phi) is 1.58. The molecule has 0 saturated carbocycles. The molecule has 0 saturated heterocycles. The fourth-order valence-electron chi connectivity index (χ4n) is 1.06. The normalized spacial score (nSPS) is 10.6. The van der Waals surface area contributed by atoms with E-state index < -0.39 is 5.82 Å². The highest BCUT2D eigenvalue weighted by Crippen LogP contribution is 2.04. The predicted molar refractivity (Wildman–Crippen MR) is 44.7 cm³/mol. The van der Waals surface area contributed by atoms with Crippen molar-refractivity contribution in [3.63, 3.8) is 0 Å². The first kappa shape index (κ1) is 7.85. The smallest absolute Gasteiger partial charge is 0.279 e. The van der Waals surface area contributed by atoms with Gasteiger partial charge in [-0.2, -0.15) is 0 Å². The minimum Gasteiger partial charge on any atom is -0.301 e. The van der Waals surface area contributed by atoms with Gasteiger partial charge in [0.2, 0.25) is 0 Å². The minimum atomic E-state index is -0.492. The summed E-state index contributed by atoms with van der Waals surface area (Å²) in [6.07, 6.45) is 2.34. The molecule has 5 heteroatoms. The van der Waals surface area contributed by atoms with Crippen molar-refractivity contribution in [2.24, 2.45) is 7.05 Å². The highest BCUT2D eigenvalue weighted by atomic mass is 19.1. The Morgan fingerprint density at radius 3 is 3.00 bits per heavy atom. The van der Waals surface area contributed by atoms with Gasteiger partial charge in [-0.25, -0.2) is 14.4 Å². The molecule has 0 unspecified atom stereocenters. The SMILES string of the molecule is Cn1cnc2cc(F)cnc2c1=O. The lowest BCUT2D eigenvalue weighted by Gasteiger charge is -1.98. The van der Waals surface area contributed by atoms with Crippen molar-refractivity contribution in [3.05, 3.63) is 34.8 Å². The van der Waals surface area contributed by atoms with Crippen molar-refractivity contribution in [1.29, 1.82) is 0 Å². The van der Waals surface area contributed by atoms with E-state index in [2.05, 4.69) is 9.97 Å². The van der Waals surface area contributed by atoms with Crippen LogP contribution in [-0.4, -0.2) is 14.5 Å². The second-order valence-electron chi connectivity index (χ2n) is 2.68. The summed E-state index contributed by atoms with van der Waals surface area (Å²) in [4.78, 5) is 18.9. The zero-order chi connectivity index (χ0) is 9.42. The van der Waals surface area contributed by atoms with Crippen LogP contribution in [0.4, 0.5) is 4.39 Å². The second kappa shape index (κ2) is 2.62. The lowest BCUT2D eigenvalue weighted by atomic mass is 10.3. The molecule has 2 aromatic heterocycles. The number of fused-ring (bicyclic) bond motifs is 1. The van der Waals surface area contributed by atoms with Gasteiger partial charge in [0.15, 0.2) is 5.52 Å². The van der Waals surface area contributed by atoms with Crippen molar-refractivity contribution >= 4 is 11.0 Å². The quantitative estimate of drug-likeness (QED) is 0.590. The molecule has 0 aliphatic carbocycles. The zero-order valence-corrected chi connectivity index (χ0v) is 6.86. The van der Waals surface area contributed by atoms with Gasteiger partial charge in [0, 0.05) is 13.1 Å². The van der Waals surface area contributed by atoms with Crippen molar-refractivity contribution in [1.82, 2.24) is 14.5 Å². The first-order chi connectivity index (χ1) is 6.18. The number of halogens is 1. The van der Waals surface area contributed by atoms with Crippen molar-refractivity contribution in [2.75, 3.05) is 0 Å². The van der Waals surface area contributed by atoms with E-state index in [1.165, 1.54) is 17.0 Å². The highest BCUT2D eigenvalue weighted by molar-refractivity contribution is 5.72. The van der Waals surface area contributed by atoms with Crippen LogP contribution in [0.2, 0.25) is 0 Å². The monoisotopic (exact) mass is 179 g/mol. The molecular formula is C8H6FN3O. The third-order valence-corrected chi connectivity index (χ3v) is 1.73. The lowest BCUT2D eigenvalue weighted by Crippen LogP contribution is -2.17. The maximum atomic E-state index is 12.7. The maximum absolute atomic E-state index is 12.7. The molecule has 0 N–H and O–H groups in total. The van der Waals surface area contributed by atoms with Crippen LogP contribution in [0.25, 0.3) is 11.0 Å². The Bertz CT molecular complexity index is 520. The van der Waals surface area contributed by atoms with E-state index in [1.54, 1.807) is 7.05 Å². The lowest BCUT2D eigenvalue weighted by molar-refractivity contribution is 0.623. The van der Waals surface area contributed by atoms with E-state index in [0.29, 0.717) is 0 Å². The Hall–Kier alpha value is -1.78. The third-order valence-electron chi connectivity index (χ3n) is 1.73. The van der Waals surface area contributed by atoms with E-state index in [1.807, 2.05) is 0 Å². The largest absolute Gasteiger partial charge is 0.301 e. The molecule has 66 valence electrons. The van der Waals surface area contributed by atoms with E-state index in [0.717, 1.165) is 6.20 Å². The Balaban J connectivity index is 2.95. The minimum absolute atomic E-state index is 0.186. The summed E-state index contributed by atoms with van der Waals surface area (Å²) >= 11 is 0. The van der Waals surface area contributed by atoms with Crippen molar-refractivity contribution in [3.8, 4) is 0 Å². The van der Waals surface area contributed by atoms with Gasteiger partial charge in [0.05, 0.1) is 18.0 Å². The van der Waals surface area contributed by atoms with Gasteiger partial charge in [0.1, 0.15) is 5.82 Å². The topological polar surface area (TPSA) is 47.8 Å². The van der Waals surface area contributed by atoms with Crippen LogP contribution < -0.4 is 5.56 Å². The summed E-state index contributed by atoms with van der Waals surface area (Å²) in [6, 6.07) is 1.18. The molecule has 13 heavy (non-hydrogen) atoms. The number of hydrogen-bond acceptors (Lipinski definition) is 3. The third kappa shape index (κ3) is 1.18. The summed E-state index contributed by atoms with van der Waals surface area (Å²) in [6.45, 7) is 0. The Labute approximate surface area is 72.7 Å². The average molecular weight is 179 g/mol. The molecule has 0 aromatic carbocycles. The molecule has 0 spiro atoms. The molecular weight excluding hydrogens is 173 g/mol. The number of aromatic nitrogens is 3. The second-order valence-corrected chi connectivity index (χ2v) is 2.68. The van der Waals surface area contributed by atoms with Gasteiger partial charge < -0.3 is 4.57 Å². The summed E-state index contributed by atoms with van der Waals surface area (Å²) < 4.78 is 14.0. The predicted octanol–water partition coefficient (Wildman–Crippen LogP) is 0.468. The summed E-state index contributed by atoms with van der Waals surface area (Å²) in [5, 5.41) is 0. The number of rotatable bonds is 0.